The van der Waals surface area contributed by atoms with Crippen molar-refractivity contribution in [3.05, 3.63) is 59.1 Å². The molecule has 1 aliphatic rings. The average Bonchev–Trinajstić information content (AvgIpc) is 2.64. The van der Waals surface area contributed by atoms with Crippen molar-refractivity contribution in [2.45, 2.75) is 18.4 Å². The lowest BCUT2D eigenvalue weighted by Gasteiger charge is -2.34. The molecule has 0 amide bonds. The molecule has 0 radical (unpaired) electrons. The molecule has 3 rings (SSSR count). The molecule has 26 heavy (non-hydrogen) atoms. The number of halogens is 1. The quantitative estimate of drug-likeness (QED) is 0.754. The largest absolute Gasteiger partial charge is 0.494 e. The maximum absolute atomic E-state index is 12.8. The monoisotopic (exact) mass is 394 g/mol. The number of ether oxygens (including phenoxy) is 1. The summed E-state index contributed by atoms with van der Waals surface area (Å²) in [5.41, 5.74) is 1.12. The van der Waals surface area contributed by atoms with E-state index in [4.69, 9.17) is 16.3 Å². The second-order valence-corrected chi connectivity index (χ2v) is 8.46. The number of rotatable bonds is 6. The van der Waals surface area contributed by atoms with Crippen LogP contribution in [0.2, 0.25) is 5.02 Å². The Morgan fingerprint density at radius 1 is 1.00 bits per heavy atom. The zero-order chi connectivity index (χ0) is 18.6. The Kier molecular flexibility index (Phi) is 6.19. The van der Waals surface area contributed by atoms with E-state index >= 15 is 0 Å². The molecule has 2 aromatic carbocycles. The molecule has 0 saturated carbocycles. The van der Waals surface area contributed by atoms with Gasteiger partial charge in [0.1, 0.15) is 10.6 Å². The molecule has 0 N–H and O–H groups in total. The minimum Gasteiger partial charge on any atom is -0.494 e. The molecule has 7 heteroatoms. The third kappa shape index (κ3) is 4.20. The van der Waals surface area contributed by atoms with Crippen molar-refractivity contribution >= 4 is 21.6 Å². The van der Waals surface area contributed by atoms with Gasteiger partial charge in [0.2, 0.25) is 10.0 Å². The van der Waals surface area contributed by atoms with Crippen molar-refractivity contribution in [1.29, 1.82) is 0 Å². The van der Waals surface area contributed by atoms with E-state index < -0.39 is 10.0 Å². The lowest BCUT2D eigenvalue weighted by Crippen LogP contribution is -2.48. The molecule has 1 saturated heterocycles. The molecule has 1 aliphatic heterocycles. The van der Waals surface area contributed by atoms with Crippen molar-refractivity contribution < 1.29 is 13.2 Å². The topological polar surface area (TPSA) is 49.9 Å². The van der Waals surface area contributed by atoms with Gasteiger partial charge in [-0.2, -0.15) is 4.31 Å². The van der Waals surface area contributed by atoms with Gasteiger partial charge in [-0.15, -0.1) is 0 Å². The van der Waals surface area contributed by atoms with Crippen LogP contribution in [0.15, 0.2) is 53.4 Å². The van der Waals surface area contributed by atoms with Gasteiger partial charge in [0.05, 0.1) is 11.6 Å². The van der Waals surface area contributed by atoms with E-state index in [2.05, 4.69) is 11.0 Å². The summed E-state index contributed by atoms with van der Waals surface area (Å²) in [4.78, 5) is 2.42. The third-order valence-corrected chi connectivity index (χ3v) is 6.85. The van der Waals surface area contributed by atoms with Crippen LogP contribution in [0.25, 0.3) is 0 Å². The van der Waals surface area contributed by atoms with Gasteiger partial charge in [-0.25, -0.2) is 8.42 Å². The lowest BCUT2D eigenvalue weighted by atomic mass is 10.2. The van der Waals surface area contributed by atoms with Crippen LogP contribution in [0.1, 0.15) is 12.5 Å². The molecule has 1 heterocycles. The molecule has 1 fully saturated rings. The lowest BCUT2D eigenvalue weighted by molar-refractivity contribution is 0.179. The zero-order valence-corrected chi connectivity index (χ0v) is 16.3. The van der Waals surface area contributed by atoms with Crippen LogP contribution >= 0.6 is 11.6 Å². The zero-order valence-electron chi connectivity index (χ0n) is 14.8. The molecule has 5 nitrogen and oxygen atoms in total. The Balaban J connectivity index is 1.66. The molecular weight excluding hydrogens is 372 g/mol. The van der Waals surface area contributed by atoms with Crippen molar-refractivity contribution in [1.82, 2.24) is 9.21 Å². The summed E-state index contributed by atoms with van der Waals surface area (Å²) in [6, 6.07) is 14.6. The SMILES string of the molecule is CCOc1ccccc1CN1CCN(S(=O)(=O)c2ccccc2Cl)CC1. The fourth-order valence-electron chi connectivity index (χ4n) is 3.09. The summed E-state index contributed by atoms with van der Waals surface area (Å²) in [6.07, 6.45) is 0. The molecule has 0 aromatic heterocycles. The van der Waals surface area contributed by atoms with E-state index in [1.807, 2.05) is 25.1 Å². The number of piperazine rings is 1. The van der Waals surface area contributed by atoms with Crippen molar-refractivity contribution in [3.8, 4) is 5.75 Å². The summed E-state index contributed by atoms with van der Waals surface area (Å²) in [6.45, 7) is 5.58. The van der Waals surface area contributed by atoms with Gasteiger partial charge in [-0.3, -0.25) is 4.90 Å². The first-order chi connectivity index (χ1) is 12.5. The summed E-state index contributed by atoms with van der Waals surface area (Å²) in [5.74, 6) is 0.890. The van der Waals surface area contributed by atoms with Gasteiger partial charge >= 0.3 is 0 Å². The molecule has 0 unspecified atom stereocenters. The average molecular weight is 395 g/mol. The number of hydrogen-bond donors (Lipinski definition) is 0. The van der Waals surface area contributed by atoms with Crippen molar-refractivity contribution in [3.63, 3.8) is 0 Å². The maximum atomic E-state index is 12.8. The van der Waals surface area contributed by atoms with E-state index in [-0.39, 0.29) is 9.92 Å². The van der Waals surface area contributed by atoms with Crippen molar-refractivity contribution in [2.75, 3.05) is 32.8 Å². The smallest absolute Gasteiger partial charge is 0.244 e. The van der Waals surface area contributed by atoms with E-state index in [0.29, 0.717) is 32.8 Å². The highest BCUT2D eigenvalue weighted by molar-refractivity contribution is 7.89. The first-order valence-corrected chi connectivity index (χ1v) is 10.5. The Morgan fingerprint density at radius 3 is 2.35 bits per heavy atom. The third-order valence-electron chi connectivity index (χ3n) is 4.45. The highest BCUT2D eigenvalue weighted by Crippen LogP contribution is 2.26. The molecule has 2 aromatic rings. The minimum atomic E-state index is -3.56. The van der Waals surface area contributed by atoms with Gasteiger partial charge in [-0.05, 0) is 25.1 Å². The Bertz CT molecular complexity index is 849. The first-order valence-electron chi connectivity index (χ1n) is 8.70. The molecule has 0 atom stereocenters. The predicted molar refractivity (Wildman–Crippen MR) is 103 cm³/mol. The van der Waals surface area contributed by atoms with Crippen LogP contribution in [0, 0.1) is 0 Å². The second kappa shape index (κ2) is 8.39. The highest BCUT2D eigenvalue weighted by atomic mass is 35.5. The van der Waals surface area contributed by atoms with Gasteiger partial charge in [-0.1, -0.05) is 41.9 Å². The number of para-hydroxylation sites is 1. The molecule has 0 bridgehead atoms. The van der Waals surface area contributed by atoms with Crippen LogP contribution in [-0.2, 0) is 16.6 Å². The minimum absolute atomic E-state index is 0.178. The molecular formula is C19H23ClN2O3S. The van der Waals surface area contributed by atoms with Crippen LogP contribution in [-0.4, -0.2) is 50.4 Å². The number of nitrogens with zero attached hydrogens (tertiary/aromatic N) is 2. The van der Waals surface area contributed by atoms with Crippen LogP contribution in [0.3, 0.4) is 0 Å². The summed E-state index contributed by atoms with van der Waals surface area (Å²) >= 11 is 6.08. The van der Waals surface area contributed by atoms with E-state index in [1.165, 1.54) is 4.31 Å². The van der Waals surface area contributed by atoms with Gasteiger partial charge in [0.15, 0.2) is 0 Å². The van der Waals surface area contributed by atoms with Crippen LogP contribution in [0.5, 0.6) is 5.75 Å². The van der Waals surface area contributed by atoms with E-state index in [9.17, 15) is 8.42 Å². The van der Waals surface area contributed by atoms with Crippen LogP contribution in [0.4, 0.5) is 0 Å². The normalized spacial score (nSPS) is 16.5. The molecule has 140 valence electrons. The Labute approximate surface area is 160 Å². The second-order valence-electron chi connectivity index (χ2n) is 6.15. The fourth-order valence-corrected chi connectivity index (χ4v) is 5.01. The Hall–Kier alpha value is -1.60. The first kappa shape index (κ1) is 19.2. The van der Waals surface area contributed by atoms with Gasteiger partial charge in [0, 0.05) is 38.3 Å². The van der Waals surface area contributed by atoms with Crippen molar-refractivity contribution in [2.24, 2.45) is 0 Å². The number of benzene rings is 2. The van der Waals surface area contributed by atoms with E-state index in [1.54, 1.807) is 24.3 Å². The van der Waals surface area contributed by atoms with Gasteiger partial charge < -0.3 is 4.74 Å². The number of sulfonamides is 1. The molecule has 0 aliphatic carbocycles. The summed E-state index contributed by atoms with van der Waals surface area (Å²) in [7, 11) is -3.56. The van der Waals surface area contributed by atoms with E-state index in [0.717, 1.165) is 17.9 Å². The standard InChI is InChI=1S/C19H23ClN2O3S/c1-2-25-18-9-5-3-7-16(18)15-21-11-13-22(14-12-21)26(23,24)19-10-6-4-8-17(19)20/h3-10H,2,11-15H2,1H3. The summed E-state index contributed by atoms with van der Waals surface area (Å²) < 4.78 is 32.8. The fraction of sp³-hybridized carbons (Fsp3) is 0.368. The Morgan fingerprint density at radius 2 is 1.65 bits per heavy atom. The highest BCUT2D eigenvalue weighted by Gasteiger charge is 2.30. The maximum Gasteiger partial charge on any atom is 0.244 e. The predicted octanol–water partition coefficient (Wildman–Crippen LogP) is 3.25. The van der Waals surface area contributed by atoms with Gasteiger partial charge in [0.25, 0.3) is 0 Å². The molecule has 0 spiro atoms. The number of hydrogen-bond acceptors (Lipinski definition) is 4. The van der Waals surface area contributed by atoms with Crippen LogP contribution < -0.4 is 4.74 Å². The summed E-state index contributed by atoms with van der Waals surface area (Å²) in [5, 5.41) is 0.264.